The van der Waals surface area contributed by atoms with Gasteiger partial charge in [-0.3, -0.25) is 4.79 Å². The minimum absolute atomic E-state index is 0.0459. The van der Waals surface area contributed by atoms with Crippen LogP contribution < -0.4 is 10.3 Å². The van der Waals surface area contributed by atoms with Crippen molar-refractivity contribution in [2.24, 2.45) is 0 Å². The maximum atomic E-state index is 14.0. The number of nitrogens with zero attached hydrogens (tertiary/aromatic N) is 3. The molecule has 28 heavy (non-hydrogen) atoms. The first kappa shape index (κ1) is 18.4. The highest BCUT2D eigenvalue weighted by Crippen LogP contribution is 2.34. The number of ether oxygens (including phenoxy) is 1. The predicted molar refractivity (Wildman–Crippen MR) is 106 cm³/mol. The predicted octanol–water partition coefficient (Wildman–Crippen LogP) is 5.30. The highest BCUT2D eigenvalue weighted by atomic mass is 35.5. The molecule has 8 heteroatoms. The number of aromatic nitrogens is 3. The molecule has 2 aromatic carbocycles. The third-order valence-electron chi connectivity index (χ3n) is 4.11. The topological polar surface area (TPSA) is 56.5 Å². The van der Waals surface area contributed by atoms with Gasteiger partial charge >= 0.3 is 0 Å². The number of benzene rings is 2. The summed E-state index contributed by atoms with van der Waals surface area (Å²) >= 11 is 12.4. The fourth-order valence-electron chi connectivity index (χ4n) is 2.79. The summed E-state index contributed by atoms with van der Waals surface area (Å²) in [7, 11) is 0. The van der Waals surface area contributed by atoms with Crippen LogP contribution in [0.3, 0.4) is 0 Å². The Morgan fingerprint density at radius 3 is 2.71 bits per heavy atom. The van der Waals surface area contributed by atoms with Gasteiger partial charge in [0.15, 0.2) is 11.6 Å². The van der Waals surface area contributed by atoms with Crippen molar-refractivity contribution < 1.29 is 9.13 Å². The standard InChI is InChI=1S/C20H12Cl2FN3O2/c1-11-5-7-16(14(23)9-11)28-17-8-6-15-18(20(27)24-10-26(15)25-17)12-3-2-4-13(21)19(12)22/h2-10H,1H3. The Kier molecular flexibility index (Phi) is 4.75. The Labute approximate surface area is 168 Å². The highest BCUT2D eigenvalue weighted by Gasteiger charge is 2.16. The lowest BCUT2D eigenvalue weighted by Gasteiger charge is -2.11. The van der Waals surface area contributed by atoms with Crippen molar-refractivity contribution in [3.8, 4) is 22.8 Å². The zero-order valence-corrected chi connectivity index (χ0v) is 16.0. The van der Waals surface area contributed by atoms with Crippen LogP contribution in [0.4, 0.5) is 4.39 Å². The van der Waals surface area contributed by atoms with Crippen LogP contribution in [0.25, 0.3) is 16.6 Å². The first-order valence-electron chi connectivity index (χ1n) is 8.21. The van der Waals surface area contributed by atoms with E-state index in [4.69, 9.17) is 27.9 Å². The summed E-state index contributed by atoms with van der Waals surface area (Å²) in [4.78, 5) is 16.3. The van der Waals surface area contributed by atoms with Crippen LogP contribution in [0.5, 0.6) is 11.6 Å². The summed E-state index contributed by atoms with van der Waals surface area (Å²) in [6.45, 7) is 1.78. The van der Waals surface area contributed by atoms with E-state index in [1.54, 1.807) is 37.3 Å². The average Bonchev–Trinajstić information content (AvgIpc) is 2.67. The van der Waals surface area contributed by atoms with Gasteiger partial charge in [0, 0.05) is 11.6 Å². The van der Waals surface area contributed by atoms with Crippen molar-refractivity contribution in [3.63, 3.8) is 0 Å². The average molecular weight is 416 g/mol. The van der Waals surface area contributed by atoms with Crippen LogP contribution in [0, 0.1) is 12.7 Å². The summed E-state index contributed by atoms with van der Waals surface area (Å²) in [6, 6.07) is 12.8. The molecule has 2 heterocycles. The second-order valence-electron chi connectivity index (χ2n) is 6.06. The first-order valence-corrected chi connectivity index (χ1v) is 8.97. The van der Waals surface area contributed by atoms with E-state index in [1.807, 2.05) is 0 Å². The van der Waals surface area contributed by atoms with E-state index in [9.17, 15) is 9.18 Å². The van der Waals surface area contributed by atoms with Crippen LogP contribution in [0.2, 0.25) is 10.0 Å². The van der Waals surface area contributed by atoms with E-state index in [-0.39, 0.29) is 22.2 Å². The van der Waals surface area contributed by atoms with Gasteiger partial charge in [-0.1, -0.05) is 41.4 Å². The van der Waals surface area contributed by atoms with Crippen molar-refractivity contribution in [3.05, 3.63) is 86.6 Å². The first-order chi connectivity index (χ1) is 13.4. The zero-order chi connectivity index (χ0) is 19.8. The molecule has 0 saturated carbocycles. The van der Waals surface area contributed by atoms with Crippen molar-refractivity contribution in [2.75, 3.05) is 0 Å². The molecule has 0 atom stereocenters. The lowest BCUT2D eigenvalue weighted by Crippen LogP contribution is -2.13. The summed E-state index contributed by atoms with van der Waals surface area (Å²) < 4.78 is 20.9. The Balaban J connectivity index is 1.83. The van der Waals surface area contributed by atoms with Crippen LogP contribution in [-0.4, -0.2) is 14.6 Å². The number of fused-ring (bicyclic) bond motifs is 1. The molecule has 4 rings (SSSR count). The monoisotopic (exact) mass is 415 g/mol. The second kappa shape index (κ2) is 7.22. The molecule has 0 fully saturated rings. The Hall–Kier alpha value is -2.96. The number of hydrogen-bond donors (Lipinski definition) is 0. The van der Waals surface area contributed by atoms with Crippen molar-refractivity contribution in [1.82, 2.24) is 14.6 Å². The normalized spacial score (nSPS) is 11.0. The lowest BCUT2D eigenvalue weighted by atomic mass is 10.1. The van der Waals surface area contributed by atoms with Crippen LogP contribution in [0.15, 0.2) is 59.7 Å². The fraction of sp³-hybridized carbons (Fsp3) is 0.0500. The van der Waals surface area contributed by atoms with Crippen LogP contribution >= 0.6 is 23.2 Å². The number of halogens is 3. The third-order valence-corrected chi connectivity index (χ3v) is 4.93. The number of aryl methyl sites for hydroxylation is 1. The largest absolute Gasteiger partial charge is 0.435 e. The SMILES string of the molecule is Cc1ccc(Oc2ccc3c(-c4cccc(Cl)c4Cl)c(=O)ncn3n2)c(F)c1. The van der Waals surface area contributed by atoms with Gasteiger partial charge in [0.1, 0.15) is 6.33 Å². The van der Waals surface area contributed by atoms with Gasteiger partial charge in [0.25, 0.3) is 5.56 Å². The fourth-order valence-corrected chi connectivity index (χ4v) is 3.19. The smallest absolute Gasteiger partial charge is 0.281 e. The number of hydrogen-bond acceptors (Lipinski definition) is 4. The molecule has 2 aromatic heterocycles. The van der Waals surface area contributed by atoms with Crippen molar-refractivity contribution in [1.29, 1.82) is 0 Å². The molecule has 4 aromatic rings. The minimum atomic E-state index is -0.494. The van der Waals surface area contributed by atoms with Gasteiger partial charge in [-0.2, -0.15) is 4.98 Å². The molecule has 140 valence electrons. The van der Waals surface area contributed by atoms with Gasteiger partial charge in [0.05, 0.1) is 21.1 Å². The van der Waals surface area contributed by atoms with Crippen LogP contribution in [-0.2, 0) is 0 Å². The Morgan fingerprint density at radius 1 is 1.11 bits per heavy atom. The van der Waals surface area contributed by atoms with E-state index >= 15 is 0 Å². The Morgan fingerprint density at radius 2 is 1.93 bits per heavy atom. The quantitative estimate of drug-likeness (QED) is 0.455. The summed E-state index contributed by atoms with van der Waals surface area (Å²) in [5.74, 6) is -0.306. The van der Waals surface area contributed by atoms with Crippen molar-refractivity contribution in [2.45, 2.75) is 6.92 Å². The number of rotatable bonds is 3. The molecular weight excluding hydrogens is 404 g/mol. The van der Waals surface area contributed by atoms with E-state index in [0.29, 0.717) is 16.1 Å². The molecule has 0 spiro atoms. The van der Waals surface area contributed by atoms with Gasteiger partial charge < -0.3 is 4.74 Å². The molecule has 5 nitrogen and oxygen atoms in total. The summed E-state index contributed by atoms with van der Waals surface area (Å²) in [5.41, 5.74) is 1.48. The molecular formula is C20H12Cl2FN3O2. The van der Waals surface area contributed by atoms with Crippen LogP contribution in [0.1, 0.15) is 5.56 Å². The molecule has 0 amide bonds. The summed E-state index contributed by atoms with van der Waals surface area (Å²) in [5, 5.41) is 4.83. The van der Waals surface area contributed by atoms with E-state index in [1.165, 1.54) is 29.0 Å². The molecule has 0 saturated heterocycles. The molecule has 0 unspecified atom stereocenters. The molecule has 0 N–H and O–H groups in total. The summed E-state index contributed by atoms with van der Waals surface area (Å²) in [6.07, 6.45) is 1.26. The maximum absolute atomic E-state index is 14.0. The Bertz CT molecular complexity index is 1270. The van der Waals surface area contributed by atoms with Gasteiger partial charge in [-0.15, -0.1) is 5.10 Å². The lowest BCUT2D eigenvalue weighted by molar-refractivity contribution is 0.419. The van der Waals surface area contributed by atoms with Gasteiger partial charge in [-0.05, 0) is 36.8 Å². The molecule has 0 aliphatic carbocycles. The molecule has 0 bridgehead atoms. The van der Waals surface area contributed by atoms with E-state index in [0.717, 1.165) is 5.56 Å². The van der Waals surface area contributed by atoms with E-state index < -0.39 is 11.4 Å². The maximum Gasteiger partial charge on any atom is 0.281 e. The third kappa shape index (κ3) is 3.32. The molecule has 0 aliphatic rings. The molecule has 0 radical (unpaired) electrons. The molecule has 0 aliphatic heterocycles. The van der Waals surface area contributed by atoms with Gasteiger partial charge in [-0.25, -0.2) is 8.91 Å². The van der Waals surface area contributed by atoms with E-state index in [2.05, 4.69) is 10.1 Å². The minimum Gasteiger partial charge on any atom is -0.435 e. The van der Waals surface area contributed by atoms with Crippen molar-refractivity contribution >= 4 is 28.7 Å². The highest BCUT2D eigenvalue weighted by molar-refractivity contribution is 6.43. The second-order valence-corrected chi connectivity index (χ2v) is 6.85. The van der Waals surface area contributed by atoms with Gasteiger partial charge in [0.2, 0.25) is 5.88 Å². The zero-order valence-electron chi connectivity index (χ0n) is 14.5.